The number of rotatable bonds is 3. The second-order valence-electron chi connectivity index (χ2n) is 3.69. The summed E-state index contributed by atoms with van der Waals surface area (Å²) in [5, 5.41) is 11.9. The monoisotopic (exact) mass is 217 g/mol. The number of nitrogens with two attached hydrogens (primary N) is 1. The van der Waals surface area contributed by atoms with Crippen LogP contribution in [0.1, 0.15) is 5.56 Å². The first-order chi connectivity index (χ1) is 7.76. The number of aromatic hydroxyl groups is 1. The van der Waals surface area contributed by atoms with Crippen molar-refractivity contribution in [2.75, 3.05) is 13.7 Å². The van der Waals surface area contributed by atoms with Gasteiger partial charge < -0.3 is 15.6 Å². The standard InChI is InChI=1S/C13H15NO2/c1-16-10-3-4-11-9(8-10)2-5-13(15)12(11)6-7-14/h2-5,8,15H,6-7,14H2,1H3. The number of hydrogen-bond acceptors (Lipinski definition) is 3. The summed E-state index contributed by atoms with van der Waals surface area (Å²) in [4.78, 5) is 0. The number of phenols is 1. The van der Waals surface area contributed by atoms with Crippen LogP contribution in [0.4, 0.5) is 0 Å². The predicted octanol–water partition coefficient (Wildman–Crippen LogP) is 2.06. The van der Waals surface area contributed by atoms with Crippen LogP contribution in [0.25, 0.3) is 10.8 Å². The summed E-state index contributed by atoms with van der Waals surface area (Å²) < 4.78 is 5.17. The van der Waals surface area contributed by atoms with Crippen molar-refractivity contribution in [1.29, 1.82) is 0 Å². The smallest absolute Gasteiger partial charge is 0.119 e. The van der Waals surface area contributed by atoms with Crippen LogP contribution in [0.5, 0.6) is 11.5 Å². The zero-order valence-corrected chi connectivity index (χ0v) is 9.23. The minimum absolute atomic E-state index is 0.308. The molecule has 84 valence electrons. The van der Waals surface area contributed by atoms with E-state index in [2.05, 4.69) is 0 Å². The summed E-state index contributed by atoms with van der Waals surface area (Å²) in [7, 11) is 1.64. The van der Waals surface area contributed by atoms with Crippen molar-refractivity contribution in [1.82, 2.24) is 0 Å². The Morgan fingerprint density at radius 1 is 1.25 bits per heavy atom. The van der Waals surface area contributed by atoms with E-state index >= 15 is 0 Å². The molecule has 2 rings (SSSR count). The van der Waals surface area contributed by atoms with Gasteiger partial charge in [0.05, 0.1) is 7.11 Å². The Morgan fingerprint density at radius 2 is 2.06 bits per heavy atom. The highest BCUT2D eigenvalue weighted by Gasteiger charge is 2.06. The molecule has 2 aromatic rings. The molecule has 0 aromatic heterocycles. The minimum atomic E-state index is 0.308. The van der Waals surface area contributed by atoms with Crippen molar-refractivity contribution in [3.63, 3.8) is 0 Å². The average molecular weight is 217 g/mol. The van der Waals surface area contributed by atoms with Crippen LogP contribution in [-0.2, 0) is 6.42 Å². The van der Waals surface area contributed by atoms with E-state index < -0.39 is 0 Å². The summed E-state index contributed by atoms with van der Waals surface area (Å²) in [5.74, 6) is 1.13. The van der Waals surface area contributed by atoms with Gasteiger partial charge in [0.15, 0.2) is 0 Å². The first-order valence-corrected chi connectivity index (χ1v) is 5.25. The fraction of sp³-hybridized carbons (Fsp3) is 0.231. The largest absolute Gasteiger partial charge is 0.508 e. The third-order valence-electron chi connectivity index (χ3n) is 2.71. The van der Waals surface area contributed by atoms with Crippen LogP contribution in [0.15, 0.2) is 30.3 Å². The first-order valence-electron chi connectivity index (χ1n) is 5.25. The molecule has 0 heterocycles. The van der Waals surface area contributed by atoms with Crippen LogP contribution >= 0.6 is 0 Å². The molecule has 0 bridgehead atoms. The van der Waals surface area contributed by atoms with Gasteiger partial charge in [-0.1, -0.05) is 12.1 Å². The lowest BCUT2D eigenvalue weighted by Crippen LogP contribution is -2.03. The number of phenolic OH excluding ortho intramolecular Hbond substituents is 1. The van der Waals surface area contributed by atoms with Crippen molar-refractivity contribution < 1.29 is 9.84 Å². The molecule has 0 spiro atoms. The molecule has 16 heavy (non-hydrogen) atoms. The fourth-order valence-electron chi connectivity index (χ4n) is 1.89. The third-order valence-corrected chi connectivity index (χ3v) is 2.71. The number of fused-ring (bicyclic) bond motifs is 1. The number of benzene rings is 2. The lowest BCUT2D eigenvalue weighted by molar-refractivity contribution is 0.415. The molecular formula is C13H15NO2. The molecule has 0 radical (unpaired) electrons. The van der Waals surface area contributed by atoms with Gasteiger partial charge in [-0.05, 0) is 41.9 Å². The van der Waals surface area contributed by atoms with Gasteiger partial charge >= 0.3 is 0 Å². The van der Waals surface area contributed by atoms with E-state index in [1.54, 1.807) is 13.2 Å². The van der Waals surface area contributed by atoms with Gasteiger partial charge in [0.25, 0.3) is 0 Å². The van der Waals surface area contributed by atoms with E-state index in [9.17, 15) is 5.11 Å². The minimum Gasteiger partial charge on any atom is -0.508 e. The van der Waals surface area contributed by atoms with Gasteiger partial charge in [-0.3, -0.25) is 0 Å². The molecule has 0 fully saturated rings. The molecule has 0 unspecified atom stereocenters. The van der Waals surface area contributed by atoms with Crippen molar-refractivity contribution in [3.05, 3.63) is 35.9 Å². The Morgan fingerprint density at radius 3 is 2.75 bits per heavy atom. The molecule has 2 aromatic carbocycles. The van der Waals surface area contributed by atoms with Crippen LogP contribution in [0.2, 0.25) is 0 Å². The Kier molecular flexibility index (Phi) is 2.97. The molecule has 0 aliphatic carbocycles. The maximum absolute atomic E-state index is 9.78. The topological polar surface area (TPSA) is 55.5 Å². The maximum Gasteiger partial charge on any atom is 0.119 e. The maximum atomic E-state index is 9.78. The average Bonchev–Trinajstić information content (AvgIpc) is 2.32. The highest BCUT2D eigenvalue weighted by molar-refractivity contribution is 5.88. The van der Waals surface area contributed by atoms with Gasteiger partial charge in [0.1, 0.15) is 11.5 Å². The van der Waals surface area contributed by atoms with Crippen molar-refractivity contribution >= 4 is 10.8 Å². The molecule has 0 saturated heterocycles. The SMILES string of the molecule is COc1ccc2c(CCN)c(O)ccc2c1. The van der Waals surface area contributed by atoms with Crippen molar-refractivity contribution in [2.45, 2.75) is 6.42 Å². The lowest BCUT2D eigenvalue weighted by atomic mass is 10.0. The Hall–Kier alpha value is -1.74. The predicted molar refractivity (Wildman–Crippen MR) is 64.9 cm³/mol. The van der Waals surface area contributed by atoms with Gasteiger partial charge in [-0.15, -0.1) is 0 Å². The second kappa shape index (κ2) is 4.41. The van der Waals surface area contributed by atoms with E-state index in [-0.39, 0.29) is 0 Å². The normalized spacial score (nSPS) is 10.6. The molecule has 3 nitrogen and oxygen atoms in total. The molecule has 0 aliphatic heterocycles. The summed E-state index contributed by atoms with van der Waals surface area (Å²) in [6.45, 7) is 0.526. The third kappa shape index (κ3) is 1.82. The second-order valence-corrected chi connectivity index (χ2v) is 3.69. The van der Waals surface area contributed by atoms with Gasteiger partial charge in [-0.25, -0.2) is 0 Å². The van der Waals surface area contributed by atoms with Gasteiger partial charge in [0.2, 0.25) is 0 Å². The van der Waals surface area contributed by atoms with E-state index in [4.69, 9.17) is 10.5 Å². The van der Waals surface area contributed by atoms with Crippen molar-refractivity contribution in [2.24, 2.45) is 5.73 Å². The van der Waals surface area contributed by atoms with Crippen LogP contribution in [-0.4, -0.2) is 18.8 Å². The molecule has 0 atom stereocenters. The molecule has 0 saturated carbocycles. The molecule has 0 amide bonds. The summed E-state index contributed by atoms with van der Waals surface area (Å²) >= 11 is 0. The number of methoxy groups -OCH3 is 1. The molecule has 3 N–H and O–H groups in total. The van der Waals surface area contributed by atoms with Crippen molar-refractivity contribution in [3.8, 4) is 11.5 Å². The number of hydrogen-bond donors (Lipinski definition) is 2. The highest BCUT2D eigenvalue weighted by Crippen LogP contribution is 2.29. The lowest BCUT2D eigenvalue weighted by Gasteiger charge is -2.09. The van der Waals surface area contributed by atoms with E-state index in [0.717, 1.165) is 22.1 Å². The zero-order valence-electron chi connectivity index (χ0n) is 9.23. The number of ether oxygens (including phenoxy) is 1. The Balaban J connectivity index is 2.64. The molecule has 0 aliphatic rings. The summed E-state index contributed by atoms with van der Waals surface area (Å²) in [6.07, 6.45) is 0.676. The van der Waals surface area contributed by atoms with Gasteiger partial charge in [-0.2, -0.15) is 0 Å². The summed E-state index contributed by atoms with van der Waals surface area (Å²) in [5.41, 5.74) is 6.45. The Bertz CT molecular complexity index is 509. The van der Waals surface area contributed by atoms with Gasteiger partial charge in [0, 0.05) is 5.56 Å². The van der Waals surface area contributed by atoms with Crippen LogP contribution < -0.4 is 10.5 Å². The quantitative estimate of drug-likeness (QED) is 0.827. The molecular weight excluding hydrogens is 202 g/mol. The molecule has 3 heteroatoms. The first kappa shape index (κ1) is 10.8. The van der Waals surface area contributed by atoms with E-state index in [1.807, 2.05) is 24.3 Å². The fourth-order valence-corrected chi connectivity index (χ4v) is 1.89. The van der Waals surface area contributed by atoms with Crippen LogP contribution in [0.3, 0.4) is 0 Å². The van der Waals surface area contributed by atoms with E-state index in [1.165, 1.54) is 0 Å². The van der Waals surface area contributed by atoms with Crippen LogP contribution in [0, 0.1) is 0 Å². The summed E-state index contributed by atoms with van der Waals surface area (Å²) in [6, 6.07) is 9.38. The highest BCUT2D eigenvalue weighted by atomic mass is 16.5. The Labute approximate surface area is 94.5 Å². The zero-order chi connectivity index (χ0) is 11.5. The van der Waals surface area contributed by atoms with E-state index in [0.29, 0.717) is 18.7 Å².